The lowest BCUT2D eigenvalue weighted by molar-refractivity contribution is 0.669. The zero-order valence-corrected chi connectivity index (χ0v) is 41.7. The Labute approximate surface area is 442 Å². The number of nitriles is 1. The molecular weight excluding hydrogens is 947 g/mol. The summed E-state index contributed by atoms with van der Waals surface area (Å²) in [4.78, 5) is 2.29. The Hall–Kier alpha value is -10.1. The number of allylic oxidation sites excluding steroid dienone is 1. The highest BCUT2D eigenvalue weighted by molar-refractivity contribution is 7.00. The van der Waals surface area contributed by atoms with Crippen LogP contribution in [0.5, 0.6) is 0 Å². The average molecular weight is 990 g/mol. The second-order valence-corrected chi connectivity index (χ2v) is 19.4. The van der Waals surface area contributed by atoms with Gasteiger partial charge in [0, 0.05) is 49.7 Å². The van der Waals surface area contributed by atoms with E-state index in [0.29, 0.717) is 5.57 Å². The van der Waals surface area contributed by atoms with Gasteiger partial charge in [0.05, 0.1) is 34.0 Å². The van der Waals surface area contributed by atoms with Crippen LogP contribution in [0, 0.1) is 11.3 Å². The lowest BCUT2D eigenvalue weighted by Gasteiger charge is -2.26. The Bertz CT molecular complexity index is 4510. The number of fused-ring (bicyclic) bond motifs is 7. The first-order chi connectivity index (χ1) is 37.7. The summed E-state index contributed by atoms with van der Waals surface area (Å²) in [6.45, 7) is 0. The van der Waals surface area contributed by atoms with Crippen LogP contribution in [0.25, 0.3) is 105 Å². The number of furan rings is 1. The van der Waals surface area contributed by atoms with Crippen LogP contribution in [0.1, 0.15) is 16.7 Å². The van der Waals surface area contributed by atoms with E-state index in [1.165, 1.54) is 11.7 Å². The maximum absolute atomic E-state index is 10.7. The number of para-hydroxylation sites is 2. The first-order valence-electron chi connectivity index (χ1n) is 25.3. The molecule has 0 aliphatic heterocycles. The van der Waals surface area contributed by atoms with Gasteiger partial charge < -0.3 is 13.9 Å². The van der Waals surface area contributed by atoms with E-state index in [9.17, 15) is 5.26 Å². The van der Waals surface area contributed by atoms with Gasteiger partial charge in [0.25, 0.3) is 0 Å². The van der Waals surface area contributed by atoms with Crippen LogP contribution in [-0.4, -0.2) is 13.3 Å². The van der Waals surface area contributed by atoms with E-state index in [1.54, 1.807) is 0 Å². The third-order valence-corrected chi connectivity index (χ3v) is 15.1. The van der Waals surface area contributed by atoms with Crippen molar-refractivity contribution in [1.82, 2.24) is 13.3 Å². The van der Waals surface area contributed by atoms with Gasteiger partial charge >= 0.3 is 0 Å². The largest absolute Gasteiger partial charge is 0.456 e. The molecular formula is C69H43N5OS. The monoisotopic (exact) mass is 989 g/mol. The molecule has 0 bridgehead atoms. The van der Waals surface area contributed by atoms with Crippen molar-refractivity contribution in [2.24, 2.45) is 0 Å². The fourth-order valence-corrected chi connectivity index (χ4v) is 11.6. The number of hydrogen-bond acceptors (Lipinski definition) is 6. The zero-order chi connectivity index (χ0) is 50.5. The first kappa shape index (κ1) is 44.6. The van der Waals surface area contributed by atoms with Gasteiger partial charge in [-0.05, 0) is 117 Å². The highest BCUT2D eigenvalue weighted by Gasteiger charge is 2.24. The summed E-state index contributed by atoms with van der Waals surface area (Å²) >= 11 is 1.24. The molecule has 0 fully saturated rings. The highest BCUT2D eigenvalue weighted by Crippen LogP contribution is 2.46. The molecule has 3 heterocycles. The quantitative estimate of drug-likeness (QED) is 0.101. The molecule has 0 spiro atoms. The van der Waals surface area contributed by atoms with Crippen molar-refractivity contribution in [3.8, 4) is 45.1 Å². The van der Waals surface area contributed by atoms with Crippen molar-refractivity contribution >= 4 is 94.7 Å². The molecule has 0 saturated heterocycles. The molecule has 0 N–H and O–H groups in total. The van der Waals surface area contributed by atoms with Gasteiger partial charge in [-0.1, -0.05) is 188 Å². The number of anilines is 3. The normalized spacial score (nSPS) is 11.4. The third-order valence-electron chi connectivity index (χ3n) is 14.6. The van der Waals surface area contributed by atoms with E-state index in [1.807, 2.05) is 54.6 Å². The molecule has 14 rings (SSSR count). The average Bonchev–Trinajstić information content (AvgIpc) is 4.31. The van der Waals surface area contributed by atoms with E-state index in [-0.39, 0.29) is 0 Å². The zero-order valence-electron chi connectivity index (χ0n) is 40.9. The van der Waals surface area contributed by atoms with E-state index in [2.05, 4.69) is 222 Å². The summed E-state index contributed by atoms with van der Waals surface area (Å²) in [6.07, 6.45) is 0. The van der Waals surface area contributed by atoms with Crippen molar-refractivity contribution in [1.29, 1.82) is 5.26 Å². The summed E-state index contributed by atoms with van der Waals surface area (Å²) in [6, 6.07) is 93.5. The van der Waals surface area contributed by atoms with Crippen LogP contribution < -0.4 is 4.90 Å². The van der Waals surface area contributed by atoms with Crippen molar-refractivity contribution in [2.45, 2.75) is 0 Å². The number of hydrogen-bond donors (Lipinski definition) is 0. The molecule has 0 unspecified atom stereocenters. The number of nitrogens with zero attached hydrogens (tertiary/aromatic N) is 5. The van der Waals surface area contributed by atoms with Crippen LogP contribution >= 0.6 is 11.7 Å². The molecule has 0 aliphatic carbocycles. The van der Waals surface area contributed by atoms with E-state index in [4.69, 9.17) is 13.2 Å². The summed E-state index contributed by atoms with van der Waals surface area (Å²) < 4.78 is 18.8. The van der Waals surface area contributed by atoms with Crippen LogP contribution in [0.4, 0.5) is 17.1 Å². The smallest absolute Gasteiger partial charge is 0.135 e. The standard InChI is InChI=1S/C69H43N5OS/c70-44-60(66(50-17-6-2-7-18-50)51-19-8-3-9-20-51)49-29-27-46(28-30-49)48-33-37-53(38-34-48)73(52-35-31-47(32-36-52)45-15-4-1-5-16-45)63-41-40-57(68-69(63)72-76-71-68)56-23-14-25-62-67(56)58-22-10-12-24-61(58)74(62)54-39-42-65-59(43-54)55-21-11-13-26-64(55)75-65/h1-43H. The van der Waals surface area contributed by atoms with Gasteiger partial charge in [-0.15, -0.1) is 0 Å². The van der Waals surface area contributed by atoms with E-state index < -0.39 is 0 Å². The van der Waals surface area contributed by atoms with Gasteiger partial charge in [-0.2, -0.15) is 14.0 Å². The predicted molar refractivity (Wildman–Crippen MR) is 314 cm³/mol. The van der Waals surface area contributed by atoms with Crippen LogP contribution in [0.15, 0.2) is 265 Å². The highest BCUT2D eigenvalue weighted by atomic mass is 32.1. The van der Waals surface area contributed by atoms with Crippen molar-refractivity contribution in [3.05, 3.63) is 278 Å². The molecule has 76 heavy (non-hydrogen) atoms. The molecule has 0 radical (unpaired) electrons. The van der Waals surface area contributed by atoms with Gasteiger partial charge in [0.2, 0.25) is 0 Å². The SMILES string of the molecule is N#CC(=C(c1ccccc1)c1ccccc1)c1ccc(-c2ccc(N(c3ccc(-c4ccccc4)cc3)c3ccc(-c4cccc5c4c4ccccc4n5-c4ccc5oc6ccccc6c5c4)c4nsnc34)cc2)cc1. The minimum absolute atomic E-state index is 0.628. The molecule has 3 aromatic heterocycles. The first-order valence-corrected chi connectivity index (χ1v) is 26.0. The molecule has 0 aliphatic rings. The lowest BCUT2D eigenvalue weighted by atomic mass is 9.89. The Balaban J connectivity index is 0.867. The van der Waals surface area contributed by atoms with Crippen LogP contribution in [0.3, 0.4) is 0 Å². The fourth-order valence-electron chi connectivity index (χ4n) is 11.0. The van der Waals surface area contributed by atoms with Crippen molar-refractivity contribution in [2.75, 3.05) is 4.90 Å². The predicted octanol–water partition coefficient (Wildman–Crippen LogP) is 18.6. The molecule has 356 valence electrons. The molecule has 11 aromatic carbocycles. The van der Waals surface area contributed by atoms with Gasteiger partial charge in [0.15, 0.2) is 0 Å². The molecule has 7 heteroatoms. The maximum Gasteiger partial charge on any atom is 0.135 e. The Morgan fingerprint density at radius 1 is 0.434 bits per heavy atom. The van der Waals surface area contributed by atoms with Gasteiger partial charge in [0.1, 0.15) is 28.3 Å². The van der Waals surface area contributed by atoms with Crippen molar-refractivity contribution in [3.63, 3.8) is 0 Å². The minimum atomic E-state index is 0.628. The van der Waals surface area contributed by atoms with Crippen molar-refractivity contribution < 1.29 is 4.42 Å². The number of rotatable bonds is 10. The molecule has 6 nitrogen and oxygen atoms in total. The Morgan fingerprint density at radius 2 is 0.987 bits per heavy atom. The summed E-state index contributed by atoms with van der Waals surface area (Å²) in [7, 11) is 0. The minimum Gasteiger partial charge on any atom is -0.456 e. The third kappa shape index (κ3) is 7.63. The second-order valence-electron chi connectivity index (χ2n) is 18.9. The van der Waals surface area contributed by atoms with Gasteiger partial charge in [-0.3, -0.25) is 0 Å². The van der Waals surface area contributed by atoms with Crippen LogP contribution in [0.2, 0.25) is 0 Å². The molecule has 0 amide bonds. The van der Waals surface area contributed by atoms with Crippen LogP contribution in [-0.2, 0) is 0 Å². The Kier molecular flexibility index (Phi) is 11.0. The van der Waals surface area contributed by atoms with E-state index in [0.717, 1.165) is 133 Å². The maximum atomic E-state index is 10.7. The Morgan fingerprint density at radius 3 is 1.66 bits per heavy atom. The second kappa shape index (κ2) is 18.7. The number of benzene rings is 11. The molecule has 14 aromatic rings. The molecule has 0 saturated carbocycles. The fraction of sp³-hybridized carbons (Fsp3) is 0. The number of aromatic nitrogens is 3. The van der Waals surface area contributed by atoms with Gasteiger partial charge in [-0.25, -0.2) is 0 Å². The topological polar surface area (TPSA) is 70.9 Å². The lowest BCUT2D eigenvalue weighted by Crippen LogP contribution is -2.10. The summed E-state index contributed by atoms with van der Waals surface area (Å²) in [5.41, 5.74) is 20.5. The summed E-state index contributed by atoms with van der Waals surface area (Å²) in [5.74, 6) is 0. The van der Waals surface area contributed by atoms with E-state index >= 15 is 0 Å². The summed E-state index contributed by atoms with van der Waals surface area (Å²) in [5, 5.41) is 15.2. The molecule has 0 atom stereocenters.